The molecule has 0 radical (unpaired) electrons. The molecule has 6 heteroatoms. The number of para-hydroxylation sites is 1. The summed E-state index contributed by atoms with van der Waals surface area (Å²) in [5, 5.41) is 3.26. The summed E-state index contributed by atoms with van der Waals surface area (Å²) in [5.41, 5.74) is 4.09. The van der Waals surface area contributed by atoms with Crippen molar-refractivity contribution in [2.75, 3.05) is 11.9 Å². The van der Waals surface area contributed by atoms with Crippen LogP contribution in [0.2, 0.25) is 0 Å². The lowest BCUT2D eigenvalue weighted by Gasteiger charge is -2.17. The Morgan fingerprint density at radius 3 is 2.42 bits per heavy atom. The van der Waals surface area contributed by atoms with Crippen LogP contribution in [-0.4, -0.2) is 25.0 Å². The third kappa shape index (κ3) is 4.99. The van der Waals surface area contributed by atoms with E-state index in [9.17, 15) is 9.59 Å². The van der Waals surface area contributed by atoms with Crippen LogP contribution in [0.25, 0.3) is 0 Å². The first-order chi connectivity index (χ1) is 12.4. The zero-order chi connectivity index (χ0) is 19.1. The van der Waals surface area contributed by atoms with Gasteiger partial charge in [0, 0.05) is 12.6 Å². The average Bonchev–Trinajstić information content (AvgIpc) is 2.59. The second-order valence-electron chi connectivity index (χ2n) is 5.69. The van der Waals surface area contributed by atoms with Crippen LogP contribution in [0.5, 0.6) is 0 Å². The first kappa shape index (κ1) is 19.3. The molecule has 0 aliphatic carbocycles. The Morgan fingerprint density at radius 2 is 1.69 bits per heavy atom. The molecule has 6 nitrogen and oxygen atoms in total. The lowest BCUT2D eigenvalue weighted by Crippen LogP contribution is -2.22. The average molecular weight is 357 g/mol. The fourth-order valence-corrected chi connectivity index (χ4v) is 2.33. The fraction of sp³-hybridized carbons (Fsp3) is 0.300. The molecule has 0 bridgehead atoms. The van der Waals surface area contributed by atoms with Gasteiger partial charge in [-0.15, -0.1) is 0 Å². The number of hydrogen-bond acceptors (Lipinski definition) is 6. The number of nitrogens with one attached hydrogen (secondary N) is 1. The second kappa shape index (κ2) is 8.89. The molecule has 0 aliphatic rings. The Bertz CT molecular complexity index is 788. The van der Waals surface area contributed by atoms with Gasteiger partial charge in [-0.1, -0.05) is 24.3 Å². The van der Waals surface area contributed by atoms with Gasteiger partial charge >= 0.3 is 12.1 Å². The third-order valence-electron chi connectivity index (χ3n) is 3.82. The maximum atomic E-state index is 12.5. The van der Waals surface area contributed by atoms with Crippen LogP contribution in [0.3, 0.4) is 0 Å². The van der Waals surface area contributed by atoms with E-state index in [1.807, 2.05) is 38.1 Å². The molecule has 26 heavy (non-hydrogen) atoms. The summed E-state index contributed by atoms with van der Waals surface area (Å²) in [6.45, 7) is 7.33. The molecule has 0 heterocycles. The maximum Gasteiger partial charge on any atom is 0.511 e. The Balaban J connectivity index is 2.14. The van der Waals surface area contributed by atoms with Crippen molar-refractivity contribution in [2.24, 2.45) is 0 Å². The van der Waals surface area contributed by atoms with E-state index in [-0.39, 0.29) is 6.61 Å². The molecule has 0 saturated carbocycles. The van der Waals surface area contributed by atoms with Crippen LogP contribution in [0.1, 0.15) is 35.3 Å². The number of rotatable bonds is 6. The standard InChI is InChI=1S/C20H23NO5/c1-5-24-20(23)26-15(4)25-19(22)16-10-6-7-11-18(16)21-17-12-8-9-13(2)14(17)3/h6-12,15,21H,5H2,1-4H3. The zero-order valence-electron chi connectivity index (χ0n) is 15.4. The van der Waals surface area contributed by atoms with Gasteiger partial charge < -0.3 is 19.5 Å². The van der Waals surface area contributed by atoms with Gasteiger partial charge in [0.1, 0.15) is 0 Å². The number of carbonyl (C=O) groups excluding carboxylic acids is 2. The van der Waals surface area contributed by atoms with Gasteiger partial charge in [0.15, 0.2) is 0 Å². The summed E-state index contributed by atoms with van der Waals surface area (Å²) in [6, 6.07) is 12.9. The molecule has 0 aromatic heterocycles. The number of esters is 1. The van der Waals surface area contributed by atoms with Crippen LogP contribution in [-0.2, 0) is 14.2 Å². The van der Waals surface area contributed by atoms with Crippen molar-refractivity contribution in [3.8, 4) is 0 Å². The molecule has 0 saturated heterocycles. The fourth-order valence-electron chi connectivity index (χ4n) is 2.33. The van der Waals surface area contributed by atoms with E-state index in [0.29, 0.717) is 11.3 Å². The van der Waals surface area contributed by atoms with E-state index >= 15 is 0 Å². The smallest absolute Gasteiger partial charge is 0.435 e. The summed E-state index contributed by atoms with van der Waals surface area (Å²) >= 11 is 0. The molecule has 2 aromatic carbocycles. The molecular weight excluding hydrogens is 334 g/mol. The highest BCUT2D eigenvalue weighted by Crippen LogP contribution is 2.26. The Hall–Kier alpha value is -3.02. The minimum atomic E-state index is -1.06. The van der Waals surface area contributed by atoms with Crippen LogP contribution in [0.4, 0.5) is 16.2 Å². The van der Waals surface area contributed by atoms with E-state index in [2.05, 4.69) is 10.1 Å². The summed E-state index contributed by atoms with van der Waals surface area (Å²) in [7, 11) is 0. The number of carbonyl (C=O) groups is 2. The van der Waals surface area contributed by atoms with Crippen LogP contribution in [0.15, 0.2) is 42.5 Å². The Kier molecular flexibility index (Phi) is 6.60. The van der Waals surface area contributed by atoms with Crippen LogP contribution in [0, 0.1) is 13.8 Å². The van der Waals surface area contributed by atoms with Crippen molar-refractivity contribution in [1.82, 2.24) is 0 Å². The van der Waals surface area contributed by atoms with Gasteiger partial charge in [-0.3, -0.25) is 0 Å². The van der Waals surface area contributed by atoms with Crippen molar-refractivity contribution in [1.29, 1.82) is 0 Å². The van der Waals surface area contributed by atoms with Gasteiger partial charge in [0.25, 0.3) is 0 Å². The number of hydrogen-bond donors (Lipinski definition) is 1. The van der Waals surface area contributed by atoms with Gasteiger partial charge in [0.2, 0.25) is 6.29 Å². The lowest BCUT2D eigenvalue weighted by atomic mass is 10.1. The summed E-state index contributed by atoms with van der Waals surface area (Å²) in [5.74, 6) is -0.602. The molecule has 0 spiro atoms. The molecule has 0 aliphatic heterocycles. The Labute approximate surface area is 153 Å². The van der Waals surface area contributed by atoms with Gasteiger partial charge in [0.05, 0.1) is 17.9 Å². The minimum absolute atomic E-state index is 0.183. The van der Waals surface area contributed by atoms with Crippen molar-refractivity contribution in [3.05, 3.63) is 59.2 Å². The molecule has 0 fully saturated rings. The monoisotopic (exact) mass is 357 g/mol. The third-order valence-corrected chi connectivity index (χ3v) is 3.82. The molecule has 1 N–H and O–H groups in total. The zero-order valence-corrected chi connectivity index (χ0v) is 15.4. The van der Waals surface area contributed by atoms with E-state index in [1.165, 1.54) is 6.92 Å². The minimum Gasteiger partial charge on any atom is -0.435 e. The van der Waals surface area contributed by atoms with Crippen LogP contribution < -0.4 is 5.32 Å². The van der Waals surface area contributed by atoms with Crippen molar-refractivity contribution >= 4 is 23.5 Å². The SMILES string of the molecule is CCOC(=O)OC(C)OC(=O)c1ccccc1Nc1cccc(C)c1C. The molecule has 2 rings (SSSR count). The van der Waals surface area contributed by atoms with E-state index in [0.717, 1.165) is 16.8 Å². The van der Waals surface area contributed by atoms with Crippen molar-refractivity contribution < 1.29 is 23.8 Å². The first-order valence-corrected chi connectivity index (χ1v) is 8.39. The number of ether oxygens (including phenoxy) is 3. The largest absolute Gasteiger partial charge is 0.511 e. The van der Waals surface area contributed by atoms with E-state index in [1.54, 1.807) is 25.1 Å². The highest BCUT2D eigenvalue weighted by atomic mass is 16.8. The maximum absolute atomic E-state index is 12.5. The number of benzene rings is 2. The Morgan fingerprint density at radius 1 is 1.00 bits per heavy atom. The second-order valence-corrected chi connectivity index (χ2v) is 5.69. The van der Waals surface area contributed by atoms with Crippen LogP contribution >= 0.6 is 0 Å². The molecule has 0 amide bonds. The number of anilines is 2. The topological polar surface area (TPSA) is 73.9 Å². The van der Waals surface area contributed by atoms with E-state index < -0.39 is 18.4 Å². The lowest BCUT2D eigenvalue weighted by molar-refractivity contribution is -0.0810. The summed E-state index contributed by atoms with van der Waals surface area (Å²) < 4.78 is 14.7. The first-order valence-electron chi connectivity index (χ1n) is 8.39. The molecule has 1 atom stereocenters. The molecule has 1 unspecified atom stereocenters. The summed E-state index contributed by atoms with van der Waals surface area (Å²) in [6.07, 6.45) is -1.94. The van der Waals surface area contributed by atoms with Gasteiger partial charge in [-0.2, -0.15) is 0 Å². The highest BCUT2D eigenvalue weighted by molar-refractivity contribution is 5.96. The van der Waals surface area contributed by atoms with E-state index in [4.69, 9.17) is 9.47 Å². The molecule has 2 aromatic rings. The van der Waals surface area contributed by atoms with Gasteiger partial charge in [-0.25, -0.2) is 9.59 Å². The van der Waals surface area contributed by atoms with Crippen molar-refractivity contribution in [2.45, 2.75) is 34.0 Å². The summed E-state index contributed by atoms with van der Waals surface area (Å²) in [4.78, 5) is 23.8. The quantitative estimate of drug-likeness (QED) is 0.595. The molecular formula is C20H23NO5. The number of aryl methyl sites for hydroxylation is 1. The predicted octanol–water partition coefficient (Wildman–Crippen LogP) is 4.72. The predicted molar refractivity (Wildman–Crippen MR) is 98.6 cm³/mol. The molecule has 138 valence electrons. The van der Waals surface area contributed by atoms with Gasteiger partial charge in [-0.05, 0) is 50.1 Å². The van der Waals surface area contributed by atoms with Crippen molar-refractivity contribution in [3.63, 3.8) is 0 Å². The highest BCUT2D eigenvalue weighted by Gasteiger charge is 2.19. The normalized spacial score (nSPS) is 11.4.